The number of carboxylic acids is 1. The van der Waals surface area contributed by atoms with Gasteiger partial charge in [0.15, 0.2) is 0 Å². The van der Waals surface area contributed by atoms with E-state index in [-0.39, 0.29) is 30.2 Å². The van der Waals surface area contributed by atoms with Gasteiger partial charge in [0.25, 0.3) is 0 Å². The first-order chi connectivity index (χ1) is 12.2. The Balaban J connectivity index is 0.00000261. The van der Waals surface area contributed by atoms with E-state index in [1.807, 2.05) is 18.2 Å². The van der Waals surface area contributed by atoms with Gasteiger partial charge in [-0.25, -0.2) is 4.98 Å². The van der Waals surface area contributed by atoms with Gasteiger partial charge in [-0.3, -0.25) is 4.79 Å². The van der Waals surface area contributed by atoms with Crippen LogP contribution in [-0.2, 0) is 18.3 Å². The number of imidazole rings is 1. The van der Waals surface area contributed by atoms with Crippen molar-refractivity contribution in [2.75, 3.05) is 19.6 Å². The summed E-state index contributed by atoms with van der Waals surface area (Å²) in [4.78, 5) is 18.7. The first-order valence-corrected chi connectivity index (χ1v) is 9.57. The number of halogens is 1. The van der Waals surface area contributed by atoms with Gasteiger partial charge in [0, 0.05) is 33.0 Å². The third-order valence-electron chi connectivity index (χ3n) is 5.43. The lowest BCUT2D eigenvalue weighted by Gasteiger charge is -2.40. The lowest BCUT2D eigenvalue weighted by atomic mass is 9.80. The van der Waals surface area contributed by atoms with Crippen LogP contribution in [0.2, 0.25) is 0 Å². The molecule has 27 heavy (non-hydrogen) atoms. The fourth-order valence-corrected chi connectivity index (χ4v) is 4.31. The number of aromatic nitrogens is 2. The van der Waals surface area contributed by atoms with E-state index in [0.717, 1.165) is 49.3 Å². The summed E-state index contributed by atoms with van der Waals surface area (Å²) >= 11 is 0. The number of rotatable bonds is 5. The van der Waals surface area contributed by atoms with Gasteiger partial charge in [-0.1, -0.05) is 32.9 Å². The summed E-state index contributed by atoms with van der Waals surface area (Å²) in [6.45, 7) is 9.78. The van der Waals surface area contributed by atoms with Crippen molar-refractivity contribution in [1.82, 2.24) is 14.5 Å². The lowest BCUT2D eigenvalue weighted by Crippen LogP contribution is -2.45. The smallest absolute Gasteiger partial charge is 0.303 e. The van der Waals surface area contributed by atoms with Crippen molar-refractivity contribution in [2.24, 2.45) is 24.3 Å². The molecule has 2 heterocycles. The first-order valence-electron chi connectivity index (χ1n) is 9.57. The summed E-state index contributed by atoms with van der Waals surface area (Å²) in [5.41, 5.74) is 2.41. The Labute approximate surface area is 168 Å². The van der Waals surface area contributed by atoms with E-state index in [1.54, 1.807) is 0 Å². The molecule has 0 bridgehead atoms. The number of likely N-dealkylation sites (tertiary alicyclic amines) is 1. The van der Waals surface area contributed by atoms with Crippen LogP contribution in [0.5, 0.6) is 0 Å². The van der Waals surface area contributed by atoms with Gasteiger partial charge in [-0.05, 0) is 42.3 Å². The SMILES string of the molecule is Cl.Cn1c(C[C@H]2CN(CC(C)(C)C)CC[C@H]2CC(=O)O)nc2ccccc21. The van der Waals surface area contributed by atoms with Crippen LogP contribution in [0.1, 0.15) is 39.4 Å². The van der Waals surface area contributed by atoms with Crippen LogP contribution in [0.15, 0.2) is 24.3 Å². The molecule has 150 valence electrons. The maximum absolute atomic E-state index is 11.3. The van der Waals surface area contributed by atoms with Crippen LogP contribution in [0, 0.1) is 17.3 Å². The van der Waals surface area contributed by atoms with Crippen LogP contribution in [0.25, 0.3) is 11.0 Å². The molecule has 1 fully saturated rings. The number of aliphatic carboxylic acids is 1. The van der Waals surface area contributed by atoms with Crippen molar-refractivity contribution in [1.29, 1.82) is 0 Å². The predicted molar refractivity (Wildman–Crippen MR) is 111 cm³/mol. The van der Waals surface area contributed by atoms with Crippen molar-refractivity contribution in [3.8, 4) is 0 Å². The molecule has 5 nitrogen and oxygen atoms in total. The number of carboxylic acid groups (broad SMARTS) is 1. The second-order valence-corrected chi connectivity index (χ2v) is 8.98. The maximum Gasteiger partial charge on any atom is 0.303 e. The van der Waals surface area contributed by atoms with E-state index in [2.05, 4.69) is 43.4 Å². The summed E-state index contributed by atoms with van der Waals surface area (Å²) in [6.07, 6.45) is 2.05. The summed E-state index contributed by atoms with van der Waals surface area (Å²) in [5, 5.41) is 9.34. The third-order valence-corrected chi connectivity index (χ3v) is 5.43. The number of nitrogens with zero attached hydrogens (tertiary/aromatic N) is 3. The second-order valence-electron chi connectivity index (χ2n) is 8.98. The highest BCUT2D eigenvalue weighted by atomic mass is 35.5. The number of piperidine rings is 1. The number of hydrogen-bond acceptors (Lipinski definition) is 3. The molecule has 1 saturated heterocycles. The van der Waals surface area contributed by atoms with Gasteiger partial charge in [0.2, 0.25) is 0 Å². The Bertz CT molecular complexity index is 781. The highest BCUT2D eigenvalue weighted by Gasteiger charge is 2.33. The number of hydrogen-bond donors (Lipinski definition) is 1. The zero-order valence-electron chi connectivity index (χ0n) is 16.8. The van der Waals surface area contributed by atoms with Crippen molar-refractivity contribution in [3.63, 3.8) is 0 Å². The zero-order chi connectivity index (χ0) is 18.9. The summed E-state index contributed by atoms with van der Waals surface area (Å²) in [5.74, 6) is 0.930. The van der Waals surface area contributed by atoms with Crippen LogP contribution >= 0.6 is 12.4 Å². The summed E-state index contributed by atoms with van der Waals surface area (Å²) in [6, 6.07) is 8.18. The molecule has 3 rings (SSSR count). The molecule has 2 atom stereocenters. The number of aryl methyl sites for hydroxylation is 1. The number of para-hydroxylation sites is 2. The van der Waals surface area contributed by atoms with Crippen molar-refractivity contribution in [2.45, 2.75) is 40.0 Å². The largest absolute Gasteiger partial charge is 0.481 e. The summed E-state index contributed by atoms with van der Waals surface area (Å²) in [7, 11) is 2.06. The maximum atomic E-state index is 11.3. The number of benzene rings is 1. The van der Waals surface area contributed by atoms with Crippen LogP contribution < -0.4 is 0 Å². The molecule has 0 aliphatic carbocycles. The van der Waals surface area contributed by atoms with E-state index in [9.17, 15) is 9.90 Å². The molecule has 1 aromatic carbocycles. The average Bonchev–Trinajstić information content (AvgIpc) is 2.85. The molecule has 2 aromatic rings. The molecule has 1 aliphatic heterocycles. The van der Waals surface area contributed by atoms with Gasteiger partial charge in [-0.15, -0.1) is 12.4 Å². The van der Waals surface area contributed by atoms with Crippen LogP contribution in [0.4, 0.5) is 0 Å². The Morgan fingerprint density at radius 2 is 1.96 bits per heavy atom. The van der Waals surface area contributed by atoms with Gasteiger partial charge >= 0.3 is 5.97 Å². The van der Waals surface area contributed by atoms with Crippen molar-refractivity contribution in [3.05, 3.63) is 30.1 Å². The quantitative estimate of drug-likeness (QED) is 0.834. The minimum absolute atomic E-state index is 0. The van der Waals surface area contributed by atoms with Gasteiger partial charge in [0.05, 0.1) is 11.0 Å². The molecule has 1 aromatic heterocycles. The van der Waals surface area contributed by atoms with E-state index in [0.29, 0.717) is 5.92 Å². The number of fused-ring (bicyclic) bond motifs is 1. The molecule has 6 heteroatoms. The Kier molecular flexibility index (Phi) is 6.92. The Morgan fingerprint density at radius 3 is 2.59 bits per heavy atom. The monoisotopic (exact) mass is 393 g/mol. The molecule has 0 saturated carbocycles. The third kappa shape index (κ3) is 5.45. The fourth-order valence-electron chi connectivity index (χ4n) is 4.31. The fraction of sp³-hybridized carbons (Fsp3) is 0.619. The topological polar surface area (TPSA) is 58.4 Å². The lowest BCUT2D eigenvalue weighted by molar-refractivity contribution is -0.139. The molecule has 1 N–H and O–H groups in total. The molecular weight excluding hydrogens is 362 g/mol. The van der Waals surface area contributed by atoms with E-state index in [4.69, 9.17) is 4.98 Å². The summed E-state index contributed by atoms with van der Waals surface area (Å²) < 4.78 is 2.16. The average molecular weight is 394 g/mol. The molecule has 0 unspecified atom stereocenters. The Morgan fingerprint density at radius 1 is 1.26 bits per heavy atom. The highest BCUT2D eigenvalue weighted by molar-refractivity contribution is 5.85. The van der Waals surface area contributed by atoms with Gasteiger partial charge in [0.1, 0.15) is 5.82 Å². The van der Waals surface area contributed by atoms with E-state index in [1.165, 1.54) is 0 Å². The molecular formula is C21H32ClN3O2. The molecule has 0 amide bonds. The van der Waals surface area contributed by atoms with Crippen molar-refractivity contribution < 1.29 is 9.90 Å². The van der Waals surface area contributed by atoms with Crippen LogP contribution in [-0.4, -0.2) is 45.2 Å². The van der Waals surface area contributed by atoms with Crippen molar-refractivity contribution >= 4 is 29.4 Å². The molecule has 0 radical (unpaired) electrons. The van der Waals surface area contributed by atoms with E-state index >= 15 is 0 Å². The molecule has 0 spiro atoms. The molecule has 1 aliphatic rings. The Hall–Kier alpha value is -1.59. The highest BCUT2D eigenvalue weighted by Crippen LogP contribution is 2.31. The minimum Gasteiger partial charge on any atom is -0.481 e. The first kappa shape index (κ1) is 21.7. The number of carbonyl (C=O) groups is 1. The minimum atomic E-state index is -0.686. The second kappa shape index (κ2) is 8.61. The van der Waals surface area contributed by atoms with Gasteiger partial charge < -0.3 is 14.6 Å². The normalized spacial score (nSPS) is 21.2. The van der Waals surface area contributed by atoms with Crippen LogP contribution in [0.3, 0.4) is 0 Å². The zero-order valence-corrected chi connectivity index (χ0v) is 17.6. The van der Waals surface area contributed by atoms with E-state index < -0.39 is 5.97 Å². The van der Waals surface area contributed by atoms with Gasteiger partial charge in [-0.2, -0.15) is 0 Å². The standard InChI is InChI=1S/C21H31N3O2.ClH/c1-21(2,3)14-24-10-9-15(12-20(25)26)16(13-24)11-19-22-17-7-5-6-8-18(17)23(19)4;/h5-8,15-16H,9-14H2,1-4H3,(H,25,26);1H/t15-,16-;/m0./s1. The predicted octanol–water partition coefficient (Wildman–Crippen LogP) is 4.00.